The number of para-hydroxylation sites is 1. The molecule has 0 radical (unpaired) electrons. The van der Waals surface area contributed by atoms with Crippen molar-refractivity contribution in [3.63, 3.8) is 0 Å². The van der Waals surface area contributed by atoms with Crippen LogP contribution in [0.5, 0.6) is 0 Å². The minimum Gasteiger partial charge on any atom is -0.371 e. The van der Waals surface area contributed by atoms with Crippen LogP contribution in [0.1, 0.15) is 12.8 Å². The fourth-order valence-corrected chi connectivity index (χ4v) is 4.43. The average molecular weight is 442 g/mol. The van der Waals surface area contributed by atoms with Gasteiger partial charge in [-0.05, 0) is 42.7 Å². The molecule has 0 unspecified atom stereocenters. The summed E-state index contributed by atoms with van der Waals surface area (Å²) in [5.74, 6) is 0.166. The zero-order valence-electron chi connectivity index (χ0n) is 15.7. The Kier molecular flexibility index (Phi) is 5.67. The third-order valence-electron chi connectivity index (χ3n) is 5.59. The summed E-state index contributed by atoms with van der Waals surface area (Å²) in [6, 6.07) is 18.0. The van der Waals surface area contributed by atoms with E-state index in [0.29, 0.717) is 19.0 Å². The lowest BCUT2D eigenvalue weighted by atomic mass is 10.1. The number of anilines is 2. The Balaban J connectivity index is 1.28. The molecule has 146 valence electrons. The van der Waals surface area contributed by atoms with Crippen molar-refractivity contribution in [2.75, 3.05) is 36.0 Å². The smallest absolute Gasteiger partial charge is 0.227 e. The maximum Gasteiger partial charge on any atom is 0.227 e. The van der Waals surface area contributed by atoms with Gasteiger partial charge in [0.1, 0.15) is 0 Å². The predicted molar refractivity (Wildman–Crippen MR) is 114 cm³/mol. The standard InChI is InChI=1S/C22H24BrN3O2/c23-18-5-4-8-20(12-18)26-15-17(11-21(26)27)22(28)24-13-16-9-10-25(14-16)19-6-2-1-3-7-19/h1-8,12,16-17H,9-11,13-15H2,(H,24,28)/t16-,17-/m0/s1. The van der Waals surface area contributed by atoms with E-state index < -0.39 is 0 Å². The van der Waals surface area contributed by atoms with Crippen molar-refractivity contribution < 1.29 is 9.59 Å². The lowest BCUT2D eigenvalue weighted by Crippen LogP contribution is -2.36. The zero-order valence-corrected chi connectivity index (χ0v) is 17.3. The third kappa shape index (κ3) is 4.22. The van der Waals surface area contributed by atoms with Crippen LogP contribution < -0.4 is 15.1 Å². The van der Waals surface area contributed by atoms with Crippen molar-refractivity contribution in [2.24, 2.45) is 11.8 Å². The van der Waals surface area contributed by atoms with Gasteiger partial charge in [0.15, 0.2) is 0 Å². The molecule has 0 aromatic heterocycles. The van der Waals surface area contributed by atoms with E-state index in [4.69, 9.17) is 0 Å². The van der Waals surface area contributed by atoms with Gasteiger partial charge in [-0.1, -0.05) is 40.2 Å². The molecule has 0 bridgehead atoms. The Labute approximate surface area is 173 Å². The number of nitrogens with one attached hydrogen (secondary N) is 1. The van der Waals surface area contributed by atoms with Crippen LogP contribution in [0, 0.1) is 11.8 Å². The third-order valence-corrected chi connectivity index (χ3v) is 6.08. The van der Waals surface area contributed by atoms with Crippen LogP contribution in [0.25, 0.3) is 0 Å². The van der Waals surface area contributed by atoms with Gasteiger partial charge in [-0.15, -0.1) is 0 Å². The number of amides is 2. The topological polar surface area (TPSA) is 52.7 Å². The summed E-state index contributed by atoms with van der Waals surface area (Å²) in [6.07, 6.45) is 1.35. The van der Waals surface area contributed by atoms with Gasteiger partial charge in [-0.2, -0.15) is 0 Å². The molecule has 2 atom stereocenters. The van der Waals surface area contributed by atoms with Gasteiger partial charge >= 0.3 is 0 Å². The Bertz CT molecular complexity index is 858. The molecule has 2 aliphatic rings. The molecule has 4 rings (SSSR count). The Morgan fingerprint density at radius 1 is 1.07 bits per heavy atom. The molecule has 5 nitrogen and oxygen atoms in total. The van der Waals surface area contributed by atoms with E-state index in [2.05, 4.69) is 50.4 Å². The number of halogens is 1. The molecule has 2 fully saturated rings. The summed E-state index contributed by atoms with van der Waals surface area (Å²) < 4.78 is 0.926. The van der Waals surface area contributed by atoms with Crippen LogP contribution in [0.15, 0.2) is 59.1 Å². The summed E-state index contributed by atoms with van der Waals surface area (Å²) in [6.45, 7) is 3.09. The number of nitrogens with zero attached hydrogens (tertiary/aromatic N) is 2. The maximum absolute atomic E-state index is 12.6. The highest BCUT2D eigenvalue weighted by Crippen LogP contribution is 2.28. The highest BCUT2D eigenvalue weighted by Gasteiger charge is 2.35. The summed E-state index contributed by atoms with van der Waals surface area (Å²) in [5, 5.41) is 3.09. The normalized spacial score (nSPS) is 22.0. The first-order valence-electron chi connectivity index (χ1n) is 9.74. The van der Waals surface area contributed by atoms with Gasteiger partial charge in [0.2, 0.25) is 11.8 Å². The van der Waals surface area contributed by atoms with Crippen LogP contribution in [0.4, 0.5) is 11.4 Å². The number of hydrogen-bond acceptors (Lipinski definition) is 3. The maximum atomic E-state index is 12.6. The van der Waals surface area contributed by atoms with Crippen molar-refractivity contribution in [1.29, 1.82) is 0 Å². The first kappa shape index (κ1) is 19.0. The van der Waals surface area contributed by atoms with Gasteiger partial charge in [0, 0.05) is 48.4 Å². The summed E-state index contributed by atoms with van der Waals surface area (Å²) >= 11 is 3.44. The molecule has 1 N–H and O–H groups in total. The van der Waals surface area contributed by atoms with Gasteiger partial charge in [0.05, 0.1) is 5.92 Å². The molecule has 0 spiro atoms. The predicted octanol–water partition coefficient (Wildman–Crippen LogP) is 3.44. The first-order chi connectivity index (χ1) is 13.6. The fourth-order valence-electron chi connectivity index (χ4n) is 4.04. The molecule has 6 heteroatoms. The van der Waals surface area contributed by atoms with Crippen molar-refractivity contribution in [1.82, 2.24) is 5.32 Å². The molecule has 2 saturated heterocycles. The minimum atomic E-state index is -0.280. The van der Waals surface area contributed by atoms with Crippen molar-refractivity contribution in [3.05, 3.63) is 59.1 Å². The van der Waals surface area contributed by atoms with E-state index in [1.54, 1.807) is 4.90 Å². The first-order valence-corrected chi connectivity index (χ1v) is 10.5. The Morgan fingerprint density at radius 2 is 1.86 bits per heavy atom. The molecular weight excluding hydrogens is 418 g/mol. The minimum absolute atomic E-state index is 0.00868. The van der Waals surface area contributed by atoms with E-state index in [0.717, 1.165) is 29.7 Å². The average Bonchev–Trinajstić information content (AvgIpc) is 3.34. The molecule has 0 aliphatic carbocycles. The zero-order chi connectivity index (χ0) is 19.5. The van der Waals surface area contributed by atoms with E-state index in [1.807, 2.05) is 30.3 Å². The highest BCUT2D eigenvalue weighted by atomic mass is 79.9. The summed E-state index contributed by atoms with van der Waals surface area (Å²) in [7, 11) is 0. The molecular formula is C22H24BrN3O2. The number of carbonyl (C=O) groups is 2. The summed E-state index contributed by atoms with van der Waals surface area (Å²) in [4.78, 5) is 29.1. The lowest BCUT2D eigenvalue weighted by molar-refractivity contribution is -0.126. The summed E-state index contributed by atoms with van der Waals surface area (Å²) in [5.41, 5.74) is 2.08. The second-order valence-corrected chi connectivity index (χ2v) is 8.48. The van der Waals surface area contributed by atoms with Crippen LogP contribution >= 0.6 is 15.9 Å². The quantitative estimate of drug-likeness (QED) is 0.772. The molecule has 2 aromatic rings. The number of rotatable bonds is 5. The van der Waals surface area contributed by atoms with Gasteiger partial charge in [-0.25, -0.2) is 0 Å². The van der Waals surface area contributed by atoms with E-state index in [1.165, 1.54) is 5.69 Å². The van der Waals surface area contributed by atoms with Crippen molar-refractivity contribution in [3.8, 4) is 0 Å². The van der Waals surface area contributed by atoms with Gasteiger partial charge in [-0.3, -0.25) is 9.59 Å². The molecule has 28 heavy (non-hydrogen) atoms. The molecule has 2 heterocycles. The van der Waals surface area contributed by atoms with E-state index >= 15 is 0 Å². The number of carbonyl (C=O) groups excluding carboxylic acids is 2. The van der Waals surface area contributed by atoms with Crippen molar-refractivity contribution >= 4 is 39.1 Å². The lowest BCUT2D eigenvalue weighted by Gasteiger charge is -2.19. The van der Waals surface area contributed by atoms with E-state index in [-0.39, 0.29) is 24.2 Å². The van der Waals surface area contributed by atoms with Gasteiger partial charge < -0.3 is 15.1 Å². The second kappa shape index (κ2) is 8.35. The van der Waals surface area contributed by atoms with Crippen molar-refractivity contribution in [2.45, 2.75) is 12.8 Å². The molecule has 2 aromatic carbocycles. The second-order valence-electron chi connectivity index (χ2n) is 7.57. The Morgan fingerprint density at radius 3 is 2.64 bits per heavy atom. The van der Waals surface area contributed by atoms with Crippen LogP contribution in [0.2, 0.25) is 0 Å². The Hall–Kier alpha value is -2.34. The number of benzene rings is 2. The SMILES string of the molecule is O=C(NC[C@@H]1CCN(c2ccccc2)C1)[C@H]1CC(=O)N(c2cccc(Br)c2)C1. The monoisotopic (exact) mass is 441 g/mol. The molecule has 2 amide bonds. The highest BCUT2D eigenvalue weighted by molar-refractivity contribution is 9.10. The molecule has 0 saturated carbocycles. The van der Waals surface area contributed by atoms with Crippen LogP contribution in [-0.4, -0.2) is 38.0 Å². The number of hydrogen-bond donors (Lipinski definition) is 1. The molecule has 2 aliphatic heterocycles. The van der Waals surface area contributed by atoms with Gasteiger partial charge in [0.25, 0.3) is 0 Å². The van der Waals surface area contributed by atoms with E-state index in [9.17, 15) is 9.59 Å². The largest absolute Gasteiger partial charge is 0.371 e. The van der Waals surface area contributed by atoms with Crippen LogP contribution in [0.3, 0.4) is 0 Å². The van der Waals surface area contributed by atoms with Crippen LogP contribution in [-0.2, 0) is 9.59 Å². The fraction of sp³-hybridized carbons (Fsp3) is 0.364.